The van der Waals surface area contributed by atoms with Crippen LogP contribution in [0.1, 0.15) is 31.2 Å². The lowest BCUT2D eigenvalue weighted by Gasteiger charge is -2.35. The number of aromatic nitrogens is 5. The lowest BCUT2D eigenvalue weighted by molar-refractivity contribution is -0.127. The molecule has 4 aromatic rings. The van der Waals surface area contributed by atoms with Crippen LogP contribution in [-0.2, 0) is 16.0 Å². The van der Waals surface area contributed by atoms with Gasteiger partial charge in [-0.2, -0.15) is 5.21 Å². The van der Waals surface area contributed by atoms with Crippen molar-refractivity contribution in [2.75, 3.05) is 11.4 Å². The van der Waals surface area contributed by atoms with Gasteiger partial charge in [0, 0.05) is 35.9 Å². The molecule has 11 heteroatoms. The molecule has 2 amide bonds. The van der Waals surface area contributed by atoms with Gasteiger partial charge in [0.1, 0.15) is 6.04 Å². The number of hydrogen-bond donors (Lipinski definition) is 4. The summed E-state index contributed by atoms with van der Waals surface area (Å²) in [5, 5.41) is 14.0. The number of amides is 2. The van der Waals surface area contributed by atoms with Crippen LogP contribution in [0.25, 0.3) is 22.5 Å². The van der Waals surface area contributed by atoms with Crippen molar-refractivity contribution in [3.8, 4) is 22.5 Å². The minimum Gasteiger partial charge on any atom is -0.368 e. The number of carbonyl (C=O) groups excluding carboxylic acids is 2. The van der Waals surface area contributed by atoms with Crippen LogP contribution in [0.15, 0.2) is 71.7 Å². The van der Waals surface area contributed by atoms with Crippen molar-refractivity contribution in [1.29, 1.82) is 0 Å². The average Bonchev–Trinajstić information content (AvgIpc) is 3.53. The number of anilines is 1. The first-order valence-electron chi connectivity index (χ1n) is 13.4. The van der Waals surface area contributed by atoms with Gasteiger partial charge < -0.3 is 16.5 Å². The number of primary amides is 1. The Hall–Kier alpha value is -4.64. The molecule has 2 aromatic carbocycles. The lowest BCUT2D eigenvalue weighted by atomic mass is 9.81. The monoisotopic (exact) mass is 540 g/mol. The fraction of sp³-hybridized carbons (Fsp3) is 0.310. The molecule has 0 radical (unpaired) electrons. The number of rotatable bonds is 9. The minimum absolute atomic E-state index is 0.114. The van der Waals surface area contributed by atoms with E-state index in [4.69, 9.17) is 11.5 Å². The van der Waals surface area contributed by atoms with Crippen LogP contribution in [0.2, 0.25) is 0 Å². The van der Waals surface area contributed by atoms with E-state index in [-0.39, 0.29) is 23.8 Å². The van der Waals surface area contributed by atoms with Gasteiger partial charge in [-0.25, -0.2) is 0 Å². The molecule has 1 atom stereocenters. The van der Waals surface area contributed by atoms with E-state index in [1.54, 1.807) is 41.4 Å². The van der Waals surface area contributed by atoms with E-state index in [9.17, 15) is 14.4 Å². The summed E-state index contributed by atoms with van der Waals surface area (Å²) in [7, 11) is 0. The van der Waals surface area contributed by atoms with Crippen LogP contribution >= 0.6 is 0 Å². The third kappa shape index (κ3) is 5.99. The van der Waals surface area contributed by atoms with Crippen molar-refractivity contribution in [3.05, 3.63) is 82.8 Å². The quantitative estimate of drug-likeness (QED) is 0.252. The third-order valence-electron chi connectivity index (χ3n) is 7.66. The fourth-order valence-electron chi connectivity index (χ4n) is 5.32. The molecule has 0 bridgehead atoms. The zero-order valence-electron chi connectivity index (χ0n) is 22.0. The number of nitrogens with zero attached hydrogens (tertiary/aromatic N) is 4. The standard InChI is InChI=1S/C29H32N8O3/c30-16-19-3-7-22(8-4-19)29(40)37(24-12-9-21(10-13-24)28-33-35-36-34-28)25(27(31)39)15-18-1-5-20(6-2-18)23-11-14-26(38)32-17-23/h1-2,5-6,9-14,17,19,22,25H,3-4,7-8,15-16,30H2,(H2,31,39)(H,32,38)(H,33,34,35,36)/t19?,22?,25-/m0/s1. The molecule has 0 saturated heterocycles. The Morgan fingerprint density at radius 2 is 1.60 bits per heavy atom. The summed E-state index contributed by atoms with van der Waals surface area (Å²) in [5.41, 5.74) is 15.6. The minimum atomic E-state index is -0.894. The second-order valence-electron chi connectivity index (χ2n) is 10.2. The first-order chi connectivity index (χ1) is 19.4. The van der Waals surface area contributed by atoms with Gasteiger partial charge in [0.05, 0.1) is 0 Å². The van der Waals surface area contributed by atoms with Crippen molar-refractivity contribution in [1.82, 2.24) is 25.6 Å². The number of nitrogens with two attached hydrogens (primary N) is 2. The van der Waals surface area contributed by atoms with E-state index >= 15 is 0 Å². The van der Waals surface area contributed by atoms with Crippen LogP contribution in [0, 0.1) is 11.8 Å². The number of aromatic amines is 2. The third-order valence-corrected chi connectivity index (χ3v) is 7.66. The maximum Gasteiger partial charge on any atom is 0.247 e. The number of tetrazole rings is 1. The van der Waals surface area contributed by atoms with E-state index in [0.29, 0.717) is 24.0 Å². The molecule has 11 nitrogen and oxygen atoms in total. The number of pyridine rings is 1. The van der Waals surface area contributed by atoms with Gasteiger partial charge in [-0.15, -0.1) is 10.2 Å². The number of hydrogen-bond acceptors (Lipinski definition) is 7. The molecule has 40 heavy (non-hydrogen) atoms. The summed E-state index contributed by atoms with van der Waals surface area (Å²) in [6, 6.07) is 17.1. The summed E-state index contributed by atoms with van der Waals surface area (Å²) in [6.45, 7) is 0.612. The first-order valence-corrected chi connectivity index (χ1v) is 13.4. The number of H-pyrrole nitrogens is 2. The summed E-state index contributed by atoms with van der Waals surface area (Å²) in [4.78, 5) is 42.6. The highest BCUT2D eigenvalue weighted by molar-refractivity contribution is 6.01. The average molecular weight is 541 g/mol. The van der Waals surface area contributed by atoms with Crippen LogP contribution in [0.3, 0.4) is 0 Å². The maximum absolute atomic E-state index is 14.0. The number of nitrogens with one attached hydrogen (secondary N) is 2. The van der Waals surface area contributed by atoms with E-state index in [0.717, 1.165) is 47.9 Å². The summed E-state index contributed by atoms with van der Waals surface area (Å²) in [5.74, 6) is -0.0743. The van der Waals surface area contributed by atoms with Crippen molar-refractivity contribution in [2.24, 2.45) is 23.3 Å². The summed E-state index contributed by atoms with van der Waals surface area (Å²) in [6.07, 6.45) is 5.10. The lowest BCUT2D eigenvalue weighted by Crippen LogP contribution is -2.52. The SMILES string of the molecule is NCC1CCC(C(=O)N(c2ccc(-c3nn[nH]n3)cc2)[C@@H](Cc2ccc(-c3ccc(=O)[nH]c3)cc2)C(N)=O)CC1. The van der Waals surface area contributed by atoms with E-state index in [1.807, 2.05) is 24.3 Å². The molecule has 6 N–H and O–H groups in total. The normalized spacial score (nSPS) is 17.7. The number of carbonyl (C=O) groups is 2. The van der Waals surface area contributed by atoms with Gasteiger partial charge in [0.15, 0.2) is 0 Å². The Morgan fingerprint density at radius 3 is 2.17 bits per heavy atom. The van der Waals surface area contributed by atoms with Gasteiger partial charge >= 0.3 is 0 Å². The van der Waals surface area contributed by atoms with Crippen molar-refractivity contribution < 1.29 is 9.59 Å². The molecule has 206 valence electrons. The Balaban J connectivity index is 1.44. The van der Waals surface area contributed by atoms with E-state index < -0.39 is 11.9 Å². The summed E-state index contributed by atoms with van der Waals surface area (Å²) < 4.78 is 0. The van der Waals surface area contributed by atoms with Gasteiger partial charge in [-0.3, -0.25) is 19.3 Å². The van der Waals surface area contributed by atoms with Crippen LogP contribution in [0.4, 0.5) is 5.69 Å². The largest absolute Gasteiger partial charge is 0.368 e. The Kier molecular flexibility index (Phi) is 8.11. The fourth-order valence-corrected chi connectivity index (χ4v) is 5.32. The topological polar surface area (TPSA) is 177 Å². The Bertz CT molecular complexity index is 1470. The highest BCUT2D eigenvalue weighted by atomic mass is 16.2. The molecule has 1 aliphatic rings. The van der Waals surface area contributed by atoms with E-state index in [1.165, 1.54) is 6.07 Å². The molecular formula is C29H32N8O3. The maximum atomic E-state index is 14.0. The van der Waals surface area contributed by atoms with Crippen LogP contribution < -0.4 is 21.9 Å². The van der Waals surface area contributed by atoms with Gasteiger partial charge in [0.2, 0.25) is 23.2 Å². The van der Waals surface area contributed by atoms with Gasteiger partial charge in [-0.1, -0.05) is 24.3 Å². The smallest absolute Gasteiger partial charge is 0.247 e. The van der Waals surface area contributed by atoms with Gasteiger partial charge in [0.25, 0.3) is 0 Å². The first kappa shape index (κ1) is 26.9. The zero-order valence-corrected chi connectivity index (χ0v) is 22.0. The van der Waals surface area contributed by atoms with Crippen molar-refractivity contribution in [2.45, 2.75) is 38.1 Å². The Morgan fingerprint density at radius 1 is 0.925 bits per heavy atom. The molecule has 1 fully saturated rings. The molecule has 5 rings (SSSR count). The van der Waals surface area contributed by atoms with Crippen LogP contribution in [0.5, 0.6) is 0 Å². The number of benzene rings is 2. The van der Waals surface area contributed by atoms with Crippen molar-refractivity contribution >= 4 is 17.5 Å². The summed E-state index contributed by atoms with van der Waals surface area (Å²) >= 11 is 0. The van der Waals surface area contributed by atoms with Gasteiger partial charge in [-0.05, 0) is 90.4 Å². The van der Waals surface area contributed by atoms with Crippen LogP contribution in [-0.4, -0.2) is 50.0 Å². The molecule has 2 aromatic heterocycles. The Labute approximate surface area is 231 Å². The predicted molar refractivity (Wildman–Crippen MR) is 151 cm³/mol. The molecule has 0 unspecified atom stereocenters. The molecular weight excluding hydrogens is 508 g/mol. The molecule has 0 spiro atoms. The molecule has 0 aliphatic heterocycles. The highest BCUT2D eigenvalue weighted by Gasteiger charge is 2.36. The second-order valence-corrected chi connectivity index (χ2v) is 10.2. The van der Waals surface area contributed by atoms with Crippen molar-refractivity contribution in [3.63, 3.8) is 0 Å². The second kappa shape index (κ2) is 12.0. The molecule has 1 aliphatic carbocycles. The molecule has 1 saturated carbocycles. The molecule has 2 heterocycles. The van der Waals surface area contributed by atoms with E-state index in [2.05, 4.69) is 25.6 Å². The highest BCUT2D eigenvalue weighted by Crippen LogP contribution is 2.33. The zero-order chi connectivity index (χ0) is 28.1. The predicted octanol–water partition coefficient (Wildman–Crippen LogP) is 2.42.